The average molecular weight is 370 g/mol. The lowest BCUT2D eigenvalue weighted by atomic mass is 10.2. The highest BCUT2D eigenvalue weighted by atomic mass is 16.6. The van der Waals surface area contributed by atoms with Gasteiger partial charge in [-0.2, -0.15) is 0 Å². The lowest BCUT2D eigenvalue weighted by molar-refractivity contribution is 0.0228. The second-order valence-corrected chi connectivity index (χ2v) is 8.46. The normalized spacial score (nSPS) is 23.5. The van der Waals surface area contributed by atoms with Crippen LogP contribution >= 0.6 is 0 Å². The van der Waals surface area contributed by atoms with Crippen molar-refractivity contribution in [2.75, 3.05) is 26.2 Å². The molecule has 0 aromatic carbocycles. The molecule has 3 aliphatic heterocycles. The molecule has 0 bridgehead atoms. The molecule has 0 saturated carbocycles. The van der Waals surface area contributed by atoms with Gasteiger partial charge in [-0.1, -0.05) is 19.6 Å². The molecular formula is C19H34N2O5. The largest absolute Gasteiger partial charge is 0.444 e. The van der Waals surface area contributed by atoms with Gasteiger partial charge in [-0.15, -0.1) is 0 Å². The van der Waals surface area contributed by atoms with Gasteiger partial charge < -0.3 is 24.0 Å². The van der Waals surface area contributed by atoms with E-state index in [-0.39, 0.29) is 37.4 Å². The van der Waals surface area contributed by atoms with Gasteiger partial charge in [-0.3, -0.25) is 0 Å². The highest BCUT2D eigenvalue weighted by Crippen LogP contribution is 2.31. The van der Waals surface area contributed by atoms with E-state index in [2.05, 4.69) is 0 Å². The van der Waals surface area contributed by atoms with Gasteiger partial charge in [0.25, 0.3) is 0 Å². The number of fused-ring (bicyclic) bond motifs is 1. The van der Waals surface area contributed by atoms with Crippen molar-refractivity contribution in [1.82, 2.24) is 9.80 Å². The van der Waals surface area contributed by atoms with Crippen molar-refractivity contribution >= 4 is 12.2 Å². The van der Waals surface area contributed by atoms with Crippen molar-refractivity contribution in [3.63, 3.8) is 0 Å². The van der Waals surface area contributed by atoms with Crippen LogP contribution in [0.25, 0.3) is 0 Å². The molecule has 3 rings (SSSR count). The Labute approximate surface area is 157 Å². The van der Waals surface area contributed by atoms with Crippen LogP contribution in [0, 0.1) is 0 Å². The Morgan fingerprint density at radius 3 is 1.62 bits per heavy atom. The molecule has 0 radical (unpaired) electrons. The zero-order valence-corrected chi connectivity index (χ0v) is 16.1. The van der Waals surface area contributed by atoms with E-state index in [1.807, 2.05) is 53.7 Å². The maximum Gasteiger partial charge on any atom is 0.410 e. The number of hydrogen-bond donors (Lipinski definition) is 0. The van der Waals surface area contributed by atoms with E-state index in [1.165, 1.54) is 0 Å². The number of hydrogen-bond acceptors (Lipinski definition) is 5. The van der Waals surface area contributed by atoms with Crippen LogP contribution in [0.5, 0.6) is 0 Å². The van der Waals surface area contributed by atoms with Gasteiger partial charge in [-0.05, 0) is 41.5 Å². The van der Waals surface area contributed by atoms with Gasteiger partial charge in [-0.25, -0.2) is 9.59 Å². The third kappa shape index (κ3) is 7.23. The summed E-state index contributed by atoms with van der Waals surface area (Å²) in [5, 5.41) is 0. The van der Waals surface area contributed by atoms with Gasteiger partial charge in [0.15, 0.2) is 0 Å². The van der Waals surface area contributed by atoms with Crippen molar-refractivity contribution in [2.45, 2.75) is 72.4 Å². The molecular weight excluding hydrogens is 336 g/mol. The van der Waals surface area contributed by atoms with E-state index < -0.39 is 5.60 Å². The first-order valence-electron chi connectivity index (χ1n) is 8.71. The predicted octanol–water partition coefficient (Wildman–Crippen LogP) is 3.43. The van der Waals surface area contributed by atoms with Crippen molar-refractivity contribution in [3.05, 3.63) is 12.2 Å². The van der Waals surface area contributed by atoms with E-state index in [9.17, 15) is 9.59 Å². The smallest absolute Gasteiger partial charge is 0.410 e. The standard InChI is InChI=1S/C9H15NO3.C9H15NO2.CH4/c1-9(2,3)13-8(11)10-4-6-7(5-10)12-6;1-9(2,3)12-8(11)10-6-4-5-7-10;/h6-7H,4-5H2,1-3H3;4-5H,6-7H2,1-3H3;1H4. The number of carbonyl (C=O) groups excluding carboxylic acids is 2. The van der Waals surface area contributed by atoms with Crippen molar-refractivity contribution in [2.24, 2.45) is 0 Å². The fourth-order valence-electron chi connectivity index (χ4n) is 2.44. The van der Waals surface area contributed by atoms with E-state index in [0.717, 1.165) is 0 Å². The average Bonchev–Trinajstić information content (AvgIpc) is 2.91. The van der Waals surface area contributed by atoms with Crippen LogP contribution < -0.4 is 0 Å². The fourth-order valence-corrected chi connectivity index (χ4v) is 2.44. The molecule has 0 aliphatic carbocycles. The minimum atomic E-state index is -0.398. The lowest BCUT2D eigenvalue weighted by Crippen LogP contribution is -2.37. The Balaban J connectivity index is 0.000000251. The molecule has 3 heterocycles. The van der Waals surface area contributed by atoms with Crippen molar-refractivity contribution < 1.29 is 23.8 Å². The molecule has 150 valence electrons. The summed E-state index contributed by atoms with van der Waals surface area (Å²) in [5.41, 5.74) is -0.787. The molecule has 7 heteroatoms. The summed E-state index contributed by atoms with van der Waals surface area (Å²) in [5.74, 6) is 0. The molecule has 0 N–H and O–H groups in total. The van der Waals surface area contributed by atoms with Crippen molar-refractivity contribution in [1.29, 1.82) is 0 Å². The maximum atomic E-state index is 11.5. The highest BCUT2D eigenvalue weighted by molar-refractivity contribution is 5.69. The van der Waals surface area contributed by atoms with E-state index in [1.54, 1.807) is 9.80 Å². The van der Waals surface area contributed by atoms with E-state index in [0.29, 0.717) is 26.2 Å². The second-order valence-electron chi connectivity index (χ2n) is 8.46. The molecule has 2 amide bonds. The first kappa shape index (κ1) is 22.3. The van der Waals surface area contributed by atoms with Gasteiger partial charge in [0.05, 0.1) is 13.1 Å². The number of nitrogens with zero attached hydrogens (tertiary/aromatic N) is 2. The summed E-state index contributed by atoms with van der Waals surface area (Å²) in [6, 6.07) is 0. The topological polar surface area (TPSA) is 71.6 Å². The molecule has 2 unspecified atom stereocenters. The van der Waals surface area contributed by atoms with Gasteiger partial charge in [0, 0.05) is 13.1 Å². The number of rotatable bonds is 0. The number of likely N-dealkylation sites (tertiary alicyclic amines) is 1. The van der Waals surface area contributed by atoms with Crippen LogP contribution in [0.4, 0.5) is 9.59 Å². The molecule has 0 aromatic heterocycles. The van der Waals surface area contributed by atoms with Gasteiger partial charge in [0.1, 0.15) is 23.4 Å². The summed E-state index contributed by atoms with van der Waals surface area (Å²) in [4.78, 5) is 26.2. The number of morpholine rings is 1. The van der Waals surface area contributed by atoms with E-state index >= 15 is 0 Å². The molecule has 2 saturated heterocycles. The summed E-state index contributed by atoms with van der Waals surface area (Å²) in [7, 11) is 0. The number of carbonyl (C=O) groups is 2. The van der Waals surface area contributed by atoms with Gasteiger partial charge >= 0.3 is 12.2 Å². The number of amides is 2. The number of epoxide rings is 1. The first-order chi connectivity index (χ1) is 11.4. The monoisotopic (exact) mass is 370 g/mol. The zero-order valence-electron chi connectivity index (χ0n) is 16.1. The van der Waals surface area contributed by atoms with E-state index in [4.69, 9.17) is 14.2 Å². The zero-order chi connectivity index (χ0) is 18.8. The van der Waals surface area contributed by atoms with Crippen LogP contribution in [-0.4, -0.2) is 71.6 Å². The van der Waals surface area contributed by atoms with Crippen LogP contribution in [0.15, 0.2) is 12.2 Å². The SMILES string of the molecule is C.CC(C)(C)OC(=O)N1CC2OC2C1.CC(C)(C)OC(=O)N1CC=CC1. The first-order valence-corrected chi connectivity index (χ1v) is 8.71. The Morgan fingerprint density at radius 1 is 0.846 bits per heavy atom. The molecule has 0 spiro atoms. The lowest BCUT2D eigenvalue weighted by Gasteiger charge is -2.24. The maximum absolute atomic E-state index is 11.5. The molecule has 3 aliphatic rings. The Hall–Kier alpha value is -1.76. The van der Waals surface area contributed by atoms with Crippen LogP contribution in [0.1, 0.15) is 49.0 Å². The summed E-state index contributed by atoms with van der Waals surface area (Å²) < 4.78 is 15.6. The number of ether oxygens (including phenoxy) is 3. The highest BCUT2D eigenvalue weighted by Gasteiger charge is 2.49. The Morgan fingerprint density at radius 2 is 1.23 bits per heavy atom. The quantitative estimate of drug-likeness (QED) is 0.482. The molecule has 0 aromatic rings. The van der Waals surface area contributed by atoms with Crippen LogP contribution in [-0.2, 0) is 14.2 Å². The Kier molecular flexibility index (Phi) is 7.10. The molecule has 26 heavy (non-hydrogen) atoms. The third-order valence-corrected chi connectivity index (χ3v) is 3.61. The second kappa shape index (κ2) is 8.29. The minimum absolute atomic E-state index is 0. The minimum Gasteiger partial charge on any atom is -0.444 e. The van der Waals surface area contributed by atoms with Crippen molar-refractivity contribution in [3.8, 4) is 0 Å². The summed E-state index contributed by atoms with van der Waals surface area (Å²) >= 11 is 0. The molecule has 7 nitrogen and oxygen atoms in total. The van der Waals surface area contributed by atoms with Gasteiger partial charge in [0.2, 0.25) is 0 Å². The third-order valence-electron chi connectivity index (χ3n) is 3.61. The van der Waals surface area contributed by atoms with Crippen LogP contribution in [0.2, 0.25) is 0 Å². The molecule has 2 atom stereocenters. The van der Waals surface area contributed by atoms with Crippen LogP contribution in [0.3, 0.4) is 0 Å². The fraction of sp³-hybridized carbons (Fsp3) is 0.789. The summed E-state index contributed by atoms with van der Waals surface area (Å²) in [6.45, 7) is 14.0. The summed E-state index contributed by atoms with van der Waals surface area (Å²) in [6.07, 6.45) is 4.05. The Bertz CT molecular complexity index is 515. The molecule has 2 fully saturated rings. The predicted molar refractivity (Wildman–Crippen MR) is 100 cm³/mol.